The molecular weight excluding hydrogens is 616 g/mol. The summed E-state index contributed by atoms with van der Waals surface area (Å²) in [5.41, 5.74) is -0.331. The van der Waals surface area contributed by atoms with Crippen LogP contribution in [-0.4, -0.2) is 139 Å². The number of nitrogens with one attached hydrogen (secondary N) is 1. The minimum Gasteiger partial charge on any atom is -0.381 e. The maximum Gasteiger partial charge on any atom is 0.245 e. The maximum atomic E-state index is 13.1. The zero-order chi connectivity index (χ0) is 38.0. The highest BCUT2D eigenvalue weighted by Gasteiger charge is 2.37. The number of piperidine rings is 2. The predicted molar refractivity (Wildman–Crippen MR) is 208 cm³/mol. The summed E-state index contributed by atoms with van der Waals surface area (Å²) in [5.74, 6) is 0.210. The molecule has 10 heteroatoms. The van der Waals surface area contributed by atoms with E-state index < -0.39 is 6.04 Å². The van der Waals surface area contributed by atoms with Crippen LogP contribution in [0.25, 0.3) is 0 Å². The molecule has 3 amide bonds. The van der Waals surface area contributed by atoms with Crippen molar-refractivity contribution in [1.29, 1.82) is 0 Å². The van der Waals surface area contributed by atoms with Crippen LogP contribution in [0.4, 0.5) is 0 Å². The highest BCUT2D eigenvalue weighted by atomic mass is 16.3. The second-order valence-electron chi connectivity index (χ2n) is 14.7. The van der Waals surface area contributed by atoms with Gasteiger partial charge in [-0.05, 0) is 84.0 Å². The van der Waals surface area contributed by atoms with Gasteiger partial charge in [-0.1, -0.05) is 81.6 Å². The topological polar surface area (TPSA) is 99.7 Å². The molecule has 0 spiro atoms. The molecule has 0 aromatic carbocycles. The van der Waals surface area contributed by atoms with Gasteiger partial charge in [-0.15, -0.1) is 0 Å². The first kappa shape index (κ1) is 49.4. The van der Waals surface area contributed by atoms with Gasteiger partial charge in [0.2, 0.25) is 17.7 Å². The number of carbonyl (C=O) groups is 3. The molecule has 3 aliphatic heterocycles. The average molecular weight is 699 g/mol. The number of aliphatic hydroxyl groups excluding tert-OH is 1. The molecule has 292 valence electrons. The standard InChI is InChI=1S/C21H42N4O2.C7H13NO.C6H13NO.C3H8.C2H6/c1-8-13-25(9-2)16-15-24(7)20(27)18(21(3,4)5)22-19(26)17-12-10-11-14-23(17)6;1-6-4-3-5-8(6)7(2)9;8-6-7-4-2-1-3-5-7;1-3-2;1-2/h17-18H,8-16H2,1-7H3,(H,22,26);6H,3-5H2,1-2H3;8H,1-6H2;3H2,1-2H3;1-2H3/t;6-;;;/m.1.../s1. The lowest BCUT2D eigenvalue weighted by Crippen LogP contribution is -2.58. The zero-order valence-electron chi connectivity index (χ0n) is 34.6. The van der Waals surface area contributed by atoms with Crippen LogP contribution in [0.3, 0.4) is 0 Å². The van der Waals surface area contributed by atoms with E-state index in [0.29, 0.717) is 12.6 Å². The number of likely N-dealkylation sites (tertiary alicyclic amines) is 3. The fourth-order valence-electron chi connectivity index (χ4n) is 6.16. The second kappa shape index (κ2) is 28.9. The van der Waals surface area contributed by atoms with Gasteiger partial charge < -0.3 is 25.1 Å². The molecule has 2 N–H and O–H groups in total. The first-order valence-corrected chi connectivity index (χ1v) is 19.8. The first-order valence-electron chi connectivity index (χ1n) is 19.8. The van der Waals surface area contributed by atoms with Gasteiger partial charge in [-0.25, -0.2) is 0 Å². The monoisotopic (exact) mass is 699 g/mol. The van der Waals surface area contributed by atoms with Crippen molar-refractivity contribution < 1.29 is 19.5 Å². The average Bonchev–Trinajstić information content (AvgIpc) is 3.53. The van der Waals surface area contributed by atoms with Crippen molar-refractivity contribution in [3.05, 3.63) is 0 Å². The Morgan fingerprint density at radius 2 is 1.43 bits per heavy atom. The van der Waals surface area contributed by atoms with Crippen LogP contribution in [0.1, 0.15) is 140 Å². The Hall–Kier alpha value is -1.75. The Labute approximate surface area is 303 Å². The van der Waals surface area contributed by atoms with Crippen LogP contribution in [-0.2, 0) is 14.4 Å². The number of aliphatic hydroxyl groups is 1. The van der Waals surface area contributed by atoms with E-state index in [2.05, 4.69) is 54.6 Å². The van der Waals surface area contributed by atoms with E-state index in [9.17, 15) is 14.4 Å². The molecule has 49 heavy (non-hydrogen) atoms. The first-order chi connectivity index (χ1) is 23.2. The minimum absolute atomic E-state index is 0.00173. The number of rotatable bonds is 10. The third kappa shape index (κ3) is 21.3. The number of hydrogen-bond acceptors (Lipinski definition) is 7. The number of nitrogens with zero attached hydrogens (tertiary/aromatic N) is 5. The smallest absolute Gasteiger partial charge is 0.245 e. The molecule has 0 saturated carbocycles. The minimum atomic E-state index is -0.508. The number of likely N-dealkylation sites (N-methyl/N-ethyl adjacent to an activating group) is 3. The maximum absolute atomic E-state index is 13.1. The SMILES string of the molecule is CC.CC(=O)N1CCC[C@H]1C.CCC.CCCN(CC)CCN(C)C(=O)C(NC(=O)C1CCCCN1C)C(C)(C)C.OCN1CCCCC1. The van der Waals surface area contributed by atoms with Crippen LogP contribution >= 0.6 is 0 Å². The summed E-state index contributed by atoms with van der Waals surface area (Å²) in [6, 6.07) is -0.143. The van der Waals surface area contributed by atoms with Gasteiger partial charge in [0.1, 0.15) is 6.04 Å². The van der Waals surface area contributed by atoms with Gasteiger partial charge in [0.15, 0.2) is 0 Å². The second-order valence-corrected chi connectivity index (χ2v) is 14.7. The lowest BCUT2D eigenvalue weighted by Gasteiger charge is -2.37. The molecule has 0 aromatic rings. The molecule has 3 rings (SSSR count). The Bertz CT molecular complexity index is 846. The molecule has 10 nitrogen and oxygen atoms in total. The Morgan fingerprint density at radius 3 is 1.82 bits per heavy atom. The Kier molecular flexibility index (Phi) is 29.1. The molecule has 0 bridgehead atoms. The van der Waals surface area contributed by atoms with Crippen molar-refractivity contribution in [2.75, 3.05) is 73.2 Å². The van der Waals surface area contributed by atoms with Crippen LogP contribution in [0, 0.1) is 5.41 Å². The molecule has 3 fully saturated rings. The molecule has 3 heterocycles. The van der Waals surface area contributed by atoms with Gasteiger partial charge in [0, 0.05) is 52.7 Å². The fraction of sp³-hybridized carbons (Fsp3) is 0.923. The van der Waals surface area contributed by atoms with E-state index in [1.807, 2.05) is 53.6 Å². The van der Waals surface area contributed by atoms with Crippen LogP contribution in [0.15, 0.2) is 0 Å². The van der Waals surface area contributed by atoms with E-state index in [4.69, 9.17) is 5.11 Å². The number of amides is 3. The summed E-state index contributed by atoms with van der Waals surface area (Å²) in [7, 11) is 3.84. The van der Waals surface area contributed by atoms with Crippen molar-refractivity contribution in [2.45, 2.75) is 158 Å². The Balaban J connectivity index is 0. The van der Waals surface area contributed by atoms with Crippen molar-refractivity contribution in [1.82, 2.24) is 29.8 Å². The van der Waals surface area contributed by atoms with E-state index in [-0.39, 0.29) is 35.9 Å². The lowest BCUT2D eigenvalue weighted by atomic mass is 9.85. The third-order valence-electron chi connectivity index (χ3n) is 9.19. The number of carbonyl (C=O) groups excluding carboxylic acids is 3. The lowest BCUT2D eigenvalue weighted by molar-refractivity contribution is -0.140. The van der Waals surface area contributed by atoms with Gasteiger partial charge >= 0.3 is 0 Å². The molecular formula is C39H82N6O4. The zero-order valence-corrected chi connectivity index (χ0v) is 34.6. The van der Waals surface area contributed by atoms with Crippen LogP contribution in [0.5, 0.6) is 0 Å². The van der Waals surface area contributed by atoms with Gasteiger partial charge in [-0.2, -0.15) is 0 Å². The highest BCUT2D eigenvalue weighted by molar-refractivity contribution is 5.90. The van der Waals surface area contributed by atoms with E-state index >= 15 is 0 Å². The van der Waals surface area contributed by atoms with Crippen LogP contribution in [0.2, 0.25) is 0 Å². The molecule has 3 aliphatic rings. The Morgan fingerprint density at radius 1 is 0.857 bits per heavy atom. The fourth-order valence-corrected chi connectivity index (χ4v) is 6.16. The molecule has 0 radical (unpaired) electrons. The molecule has 2 unspecified atom stereocenters. The summed E-state index contributed by atoms with van der Waals surface area (Å²) >= 11 is 0. The summed E-state index contributed by atoms with van der Waals surface area (Å²) in [5, 5.41) is 11.7. The van der Waals surface area contributed by atoms with Gasteiger partial charge in [0.05, 0.1) is 12.8 Å². The van der Waals surface area contributed by atoms with Crippen molar-refractivity contribution in [3.63, 3.8) is 0 Å². The van der Waals surface area contributed by atoms with E-state index in [1.165, 1.54) is 38.5 Å². The van der Waals surface area contributed by atoms with Crippen molar-refractivity contribution in [2.24, 2.45) is 5.41 Å². The predicted octanol–water partition coefficient (Wildman–Crippen LogP) is 6.07. The van der Waals surface area contributed by atoms with E-state index in [1.54, 1.807) is 11.8 Å². The van der Waals surface area contributed by atoms with Gasteiger partial charge in [0.25, 0.3) is 0 Å². The van der Waals surface area contributed by atoms with Crippen molar-refractivity contribution >= 4 is 17.7 Å². The summed E-state index contributed by atoms with van der Waals surface area (Å²) in [6.45, 7) is 30.3. The molecule has 3 saturated heterocycles. The molecule has 3 atom stereocenters. The van der Waals surface area contributed by atoms with Crippen molar-refractivity contribution in [3.8, 4) is 0 Å². The highest BCUT2D eigenvalue weighted by Crippen LogP contribution is 2.23. The largest absolute Gasteiger partial charge is 0.381 e. The quantitative estimate of drug-likeness (QED) is 0.286. The number of hydrogen-bond donors (Lipinski definition) is 2. The van der Waals surface area contributed by atoms with Crippen LogP contribution < -0.4 is 5.32 Å². The van der Waals surface area contributed by atoms with Gasteiger partial charge in [-0.3, -0.25) is 24.2 Å². The normalized spacial score (nSPS) is 20.2. The third-order valence-corrected chi connectivity index (χ3v) is 9.19. The summed E-state index contributed by atoms with van der Waals surface area (Å²) in [6.07, 6.45) is 11.7. The molecule has 0 aliphatic carbocycles. The van der Waals surface area contributed by atoms with E-state index in [0.717, 1.165) is 71.5 Å². The summed E-state index contributed by atoms with van der Waals surface area (Å²) in [4.78, 5) is 47.0. The molecule has 0 aromatic heterocycles. The summed E-state index contributed by atoms with van der Waals surface area (Å²) < 4.78 is 0.